The van der Waals surface area contributed by atoms with Crippen LogP contribution in [0.4, 0.5) is 0 Å². The third kappa shape index (κ3) is 5.98. The number of carbonyl (C=O) groups is 1. The zero-order valence-electron chi connectivity index (χ0n) is 18.8. The van der Waals surface area contributed by atoms with E-state index in [1.165, 1.54) is 11.8 Å². The molecular weight excluding hydrogens is 438 g/mol. The van der Waals surface area contributed by atoms with Gasteiger partial charge in [0.2, 0.25) is 5.91 Å². The van der Waals surface area contributed by atoms with Gasteiger partial charge in [0.25, 0.3) is 5.56 Å². The summed E-state index contributed by atoms with van der Waals surface area (Å²) in [7, 11) is 0. The second-order valence-electron chi connectivity index (χ2n) is 7.92. The molecule has 0 bridgehead atoms. The van der Waals surface area contributed by atoms with Crippen molar-refractivity contribution in [3.05, 3.63) is 64.7 Å². The van der Waals surface area contributed by atoms with Gasteiger partial charge in [0, 0.05) is 45.1 Å². The number of hydrogen-bond acceptors (Lipinski definition) is 7. The van der Waals surface area contributed by atoms with Crippen LogP contribution in [0.1, 0.15) is 18.9 Å². The number of nitrogens with one attached hydrogen (secondary N) is 1. The molecule has 1 N–H and O–H groups in total. The first-order chi connectivity index (χ1) is 16.2. The van der Waals surface area contributed by atoms with Gasteiger partial charge in [0.1, 0.15) is 0 Å². The Bertz CT molecular complexity index is 1130. The molecule has 0 aliphatic carbocycles. The minimum absolute atomic E-state index is 0.0676. The van der Waals surface area contributed by atoms with E-state index < -0.39 is 0 Å². The third-order valence-electron chi connectivity index (χ3n) is 5.67. The van der Waals surface area contributed by atoms with Crippen LogP contribution in [-0.2, 0) is 22.6 Å². The Morgan fingerprint density at radius 1 is 1.18 bits per heavy atom. The summed E-state index contributed by atoms with van der Waals surface area (Å²) in [4.78, 5) is 37.4. The quantitative estimate of drug-likeness (QED) is 0.382. The van der Waals surface area contributed by atoms with Crippen LogP contribution in [0.5, 0.6) is 0 Å². The van der Waals surface area contributed by atoms with Gasteiger partial charge in [-0.05, 0) is 30.2 Å². The summed E-state index contributed by atoms with van der Waals surface area (Å²) < 4.78 is 7.15. The maximum atomic E-state index is 13.3. The minimum Gasteiger partial charge on any atom is -0.379 e. The highest BCUT2D eigenvalue weighted by molar-refractivity contribution is 8.00. The van der Waals surface area contributed by atoms with Gasteiger partial charge in [0.15, 0.2) is 5.16 Å². The van der Waals surface area contributed by atoms with Gasteiger partial charge in [0.05, 0.1) is 29.4 Å². The van der Waals surface area contributed by atoms with Crippen molar-refractivity contribution in [1.29, 1.82) is 0 Å². The largest absolute Gasteiger partial charge is 0.379 e. The molecule has 1 aromatic carbocycles. The predicted octanol–water partition coefficient (Wildman–Crippen LogP) is 2.31. The van der Waals surface area contributed by atoms with Gasteiger partial charge in [-0.3, -0.25) is 24.0 Å². The SMILES string of the molecule is CC[C@@H](Sc1nc2ccccc2c(=O)n1CCN1CCOCC1)C(=O)NCc1cccnc1. The van der Waals surface area contributed by atoms with Gasteiger partial charge in [-0.1, -0.05) is 36.9 Å². The van der Waals surface area contributed by atoms with Gasteiger partial charge < -0.3 is 10.1 Å². The Hall–Kier alpha value is -2.75. The summed E-state index contributed by atoms with van der Waals surface area (Å²) in [5.41, 5.74) is 1.53. The van der Waals surface area contributed by atoms with Crippen LogP contribution in [0.3, 0.4) is 0 Å². The number of nitrogens with zero attached hydrogens (tertiary/aromatic N) is 4. The van der Waals surface area contributed by atoms with Crippen LogP contribution in [-0.4, -0.2) is 63.4 Å². The number of rotatable bonds is 9. The normalized spacial score (nSPS) is 15.4. The molecular formula is C24H29N5O3S. The lowest BCUT2D eigenvalue weighted by molar-refractivity contribution is -0.120. The maximum Gasteiger partial charge on any atom is 0.262 e. The lowest BCUT2D eigenvalue weighted by Gasteiger charge is -2.27. The molecule has 1 aliphatic heterocycles. The lowest BCUT2D eigenvalue weighted by atomic mass is 10.2. The highest BCUT2D eigenvalue weighted by Gasteiger charge is 2.22. The molecule has 9 heteroatoms. The molecule has 4 rings (SSSR count). The van der Waals surface area contributed by atoms with E-state index in [9.17, 15) is 9.59 Å². The fourth-order valence-electron chi connectivity index (χ4n) is 3.76. The molecule has 1 fully saturated rings. The van der Waals surface area contributed by atoms with E-state index >= 15 is 0 Å². The van der Waals surface area contributed by atoms with Crippen LogP contribution >= 0.6 is 11.8 Å². The number of thioether (sulfide) groups is 1. The number of para-hydroxylation sites is 1. The molecule has 1 aliphatic rings. The Balaban J connectivity index is 1.54. The van der Waals surface area contributed by atoms with Crippen molar-refractivity contribution in [2.24, 2.45) is 0 Å². The molecule has 0 saturated carbocycles. The molecule has 2 aromatic heterocycles. The molecule has 174 valence electrons. The molecule has 1 saturated heterocycles. The number of amides is 1. The fraction of sp³-hybridized carbons (Fsp3) is 0.417. The summed E-state index contributed by atoms with van der Waals surface area (Å²) in [5.74, 6) is -0.0755. The van der Waals surface area contributed by atoms with E-state index in [0.29, 0.717) is 48.8 Å². The van der Waals surface area contributed by atoms with Crippen molar-refractivity contribution in [2.75, 3.05) is 32.8 Å². The van der Waals surface area contributed by atoms with Gasteiger partial charge >= 0.3 is 0 Å². The molecule has 3 aromatic rings. The lowest BCUT2D eigenvalue weighted by Crippen LogP contribution is -2.40. The fourth-order valence-corrected chi connectivity index (χ4v) is 4.82. The van der Waals surface area contributed by atoms with Gasteiger partial charge in [-0.25, -0.2) is 4.98 Å². The first kappa shape index (κ1) is 23.4. The maximum absolute atomic E-state index is 13.3. The van der Waals surface area contributed by atoms with Crippen LogP contribution < -0.4 is 10.9 Å². The molecule has 0 spiro atoms. The number of pyridine rings is 1. The van der Waals surface area contributed by atoms with Gasteiger partial charge in [-0.2, -0.15) is 0 Å². The highest BCUT2D eigenvalue weighted by atomic mass is 32.2. The highest BCUT2D eigenvalue weighted by Crippen LogP contribution is 2.25. The van der Waals surface area contributed by atoms with Crippen molar-refractivity contribution < 1.29 is 9.53 Å². The van der Waals surface area contributed by atoms with Crippen LogP contribution in [0.15, 0.2) is 58.7 Å². The Morgan fingerprint density at radius 2 is 2.00 bits per heavy atom. The number of hydrogen-bond donors (Lipinski definition) is 1. The summed E-state index contributed by atoms with van der Waals surface area (Å²) in [5, 5.41) is 3.81. The smallest absolute Gasteiger partial charge is 0.262 e. The molecule has 0 unspecified atom stereocenters. The monoisotopic (exact) mass is 467 g/mol. The predicted molar refractivity (Wildman–Crippen MR) is 129 cm³/mol. The van der Waals surface area contributed by atoms with Crippen LogP contribution in [0, 0.1) is 0 Å². The van der Waals surface area contributed by atoms with Crippen molar-refractivity contribution in [3.8, 4) is 0 Å². The summed E-state index contributed by atoms with van der Waals surface area (Å²) in [6, 6.07) is 11.2. The third-order valence-corrected chi connectivity index (χ3v) is 7.02. The number of fused-ring (bicyclic) bond motifs is 1. The zero-order chi connectivity index (χ0) is 23.0. The van der Waals surface area contributed by atoms with Crippen LogP contribution in [0.2, 0.25) is 0 Å². The Morgan fingerprint density at radius 3 is 2.76 bits per heavy atom. The average molecular weight is 468 g/mol. The van der Waals surface area contributed by atoms with Crippen molar-refractivity contribution >= 4 is 28.6 Å². The summed E-state index contributed by atoms with van der Waals surface area (Å²) in [6.45, 7) is 6.77. The zero-order valence-corrected chi connectivity index (χ0v) is 19.6. The van der Waals surface area contributed by atoms with E-state index in [1.807, 2.05) is 43.3 Å². The standard InChI is InChI=1S/C24H29N5O3S/c1-2-21(22(30)26-17-18-6-5-9-25-16-18)33-24-27-20-8-4-3-7-19(20)23(31)29(24)11-10-28-12-14-32-15-13-28/h3-9,16,21H,2,10-15,17H2,1H3,(H,26,30)/t21-/m1/s1. The van der Waals surface area contributed by atoms with E-state index in [2.05, 4.69) is 15.2 Å². The number of benzene rings is 1. The first-order valence-electron chi connectivity index (χ1n) is 11.3. The van der Waals surface area contributed by atoms with Crippen molar-refractivity contribution in [1.82, 2.24) is 24.8 Å². The van der Waals surface area contributed by atoms with E-state index in [4.69, 9.17) is 9.72 Å². The molecule has 8 nitrogen and oxygen atoms in total. The second-order valence-corrected chi connectivity index (χ2v) is 9.09. The van der Waals surface area contributed by atoms with E-state index in [0.717, 1.165) is 25.2 Å². The average Bonchev–Trinajstić information content (AvgIpc) is 2.86. The number of carbonyl (C=O) groups excluding carboxylic acids is 1. The number of morpholine rings is 1. The molecule has 3 heterocycles. The topological polar surface area (TPSA) is 89.4 Å². The summed E-state index contributed by atoms with van der Waals surface area (Å²) >= 11 is 1.36. The van der Waals surface area contributed by atoms with Gasteiger partial charge in [-0.15, -0.1) is 0 Å². The van der Waals surface area contributed by atoms with Crippen molar-refractivity contribution in [3.63, 3.8) is 0 Å². The second kappa shape index (κ2) is 11.4. The molecule has 33 heavy (non-hydrogen) atoms. The summed E-state index contributed by atoms with van der Waals surface area (Å²) in [6.07, 6.45) is 4.07. The Labute approximate surface area is 197 Å². The molecule has 0 radical (unpaired) electrons. The molecule has 1 amide bonds. The van der Waals surface area contributed by atoms with E-state index in [-0.39, 0.29) is 16.7 Å². The number of ether oxygens (including phenoxy) is 1. The van der Waals surface area contributed by atoms with Crippen LogP contribution in [0.25, 0.3) is 10.9 Å². The van der Waals surface area contributed by atoms with E-state index in [1.54, 1.807) is 17.0 Å². The Kier molecular flexibility index (Phi) is 8.09. The minimum atomic E-state index is -0.357. The van der Waals surface area contributed by atoms with Crippen molar-refractivity contribution in [2.45, 2.75) is 36.8 Å². The molecule has 1 atom stereocenters. The number of aromatic nitrogens is 3. The first-order valence-corrected chi connectivity index (χ1v) is 12.2.